The second-order valence-electron chi connectivity index (χ2n) is 5.27. The van der Waals surface area contributed by atoms with Gasteiger partial charge in [0, 0.05) is 19.4 Å². The van der Waals surface area contributed by atoms with Gasteiger partial charge in [-0.2, -0.15) is 0 Å². The quantitative estimate of drug-likeness (QED) is 0.849. The van der Waals surface area contributed by atoms with E-state index in [1.54, 1.807) is 7.11 Å². The fraction of sp³-hybridized carbons (Fsp3) is 0.375. The van der Waals surface area contributed by atoms with Gasteiger partial charge in [0.1, 0.15) is 10.6 Å². The summed E-state index contributed by atoms with van der Waals surface area (Å²) in [5.74, 6) is -0.121. The standard InChI is InChI=1S/C16H20N2O3S/c1-18(2)9-8-14-17-13(15(22-14)16(19)20)10-11-4-6-12(21-3)7-5-11/h4-7H,8-10H2,1-3H3,(H,19,20). The molecule has 0 aliphatic carbocycles. The van der Waals surface area contributed by atoms with Crippen LogP contribution in [-0.2, 0) is 12.8 Å². The summed E-state index contributed by atoms with van der Waals surface area (Å²) in [5, 5.41) is 10.2. The van der Waals surface area contributed by atoms with E-state index in [2.05, 4.69) is 9.88 Å². The van der Waals surface area contributed by atoms with Crippen LogP contribution < -0.4 is 4.74 Å². The Kier molecular flexibility index (Phi) is 5.51. The fourth-order valence-electron chi connectivity index (χ4n) is 2.05. The molecule has 0 radical (unpaired) electrons. The molecule has 0 unspecified atom stereocenters. The van der Waals surface area contributed by atoms with E-state index in [0.717, 1.165) is 29.3 Å². The van der Waals surface area contributed by atoms with Crippen molar-refractivity contribution in [3.8, 4) is 5.75 Å². The van der Waals surface area contributed by atoms with Crippen LogP contribution in [0.1, 0.15) is 25.9 Å². The topological polar surface area (TPSA) is 62.7 Å². The summed E-state index contributed by atoms with van der Waals surface area (Å²) < 4.78 is 5.13. The predicted molar refractivity (Wildman–Crippen MR) is 87.1 cm³/mol. The summed E-state index contributed by atoms with van der Waals surface area (Å²) in [6, 6.07) is 7.61. The maximum atomic E-state index is 11.4. The summed E-state index contributed by atoms with van der Waals surface area (Å²) in [7, 11) is 5.60. The summed E-state index contributed by atoms with van der Waals surface area (Å²) in [4.78, 5) is 18.3. The highest BCUT2D eigenvalue weighted by atomic mass is 32.1. The normalized spacial score (nSPS) is 10.9. The van der Waals surface area contributed by atoms with E-state index in [1.807, 2.05) is 38.4 Å². The van der Waals surface area contributed by atoms with Crippen LogP contribution >= 0.6 is 11.3 Å². The van der Waals surface area contributed by atoms with Gasteiger partial charge in [0.05, 0.1) is 17.8 Å². The number of benzene rings is 1. The third-order valence-electron chi connectivity index (χ3n) is 3.24. The van der Waals surface area contributed by atoms with Gasteiger partial charge in [0.2, 0.25) is 0 Å². The van der Waals surface area contributed by atoms with Crippen LogP contribution in [0.5, 0.6) is 5.75 Å². The first kappa shape index (κ1) is 16.5. The van der Waals surface area contributed by atoms with Crippen molar-refractivity contribution < 1.29 is 14.6 Å². The lowest BCUT2D eigenvalue weighted by Crippen LogP contribution is -2.14. The minimum atomic E-state index is -0.905. The van der Waals surface area contributed by atoms with E-state index in [4.69, 9.17) is 4.74 Å². The first-order chi connectivity index (χ1) is 10.5. The number of carbonyl (C=O) groups is 1. The number of methoxy groups -OCH3 is 1. The summed E-state index contributed by atoms with van der Waals surface area (Å²) in [5.41, 5.74) is 1.66. The molecule has 0 aliphatic rings. The second kappa shape index (κ2) is 7.38. The molecular formula is C16H20N2O3S. The smallest absolute Gasteiger partial charge is 0.347 e. The number of ether oxygens (including phenoxy) is 1. The molecule has 0 atom stereocenters. The van der Waals surface area contributed by atoms with Gasteiger partial charge >= 0.3 is 5.97 Å². The van der Waals surface area contributed by atoms with Crippen LogP contribution in [0.25, 0.3) is 0 Å². The minimum Gasteiger partial charge on any atom is -0.497 e. The van der Waals surface area contributed by atoms with Crippen molar-refractivity contribution in [2.45, 2.75) is 12.8 Å². The number of thiazole rings is 1. The van der Waals surface area contributed by atoms with Crippen LogP contribution in [-0.4, -0.2) is 48.7 Å². The molecule has 1 aromatic carbocycles. The number of hydrogen-bond acceptors (Lipinski definition) is 5. The molecule has 1 N–H and O–H groups in total. The average Bonchev–Trinajstić information content (AvgIpc) is 2.89. The third-order valence-corrected chi connectivity index (χ3v) is 4.38. The molecule has 0 fully saturated rings. The van der Waals surface area contributed by atoms with Gasteiger partial charge in [-0.1, -0.05) is 12.1 Å². The van der Waals surface area contributed by atoms with Crippen LogP contribution in [0, 0.1) is 0 Å². The first-order valence-corrected chi connectivity index (χ1v) is 7.80. The number of aromatic carboxylic acids is 1. The molecule has 2 aromatic rings. The van der Waals surface area contributed by atoms with E-state index >= 15 is 0 Å². The second-order valence-corrected chi connectivity index (χ2v) is 6.35. The number of carboxylic acids is 1. The van der Waals surface area contributed by atoms with Crippen molar-refractivity contribution in [3.05, 3.63) is 45.4 Å². The largest absolute Gasteiger partial charge is 0.497 e. The molecule has 1 aromatic heterocycles. The van der Waals surface area contributed by atoms with E-state index in [0.29, 0.717) is 17.0 Å². The van der Waals surface area contributed by atoms with Gasteiger partial charge in [-0.05, 0) is 31.8 Å². The van der Waals surface area contributed by atoms with Crippen molar-refractivity contribution in [1.29, 1.82) is 0 Å². The van der Waals surface area contributed by atoms with Crippen LogP contribution in [0.3, 0.4) is 0 Å². The van der Waals surface area contributed by atoms with Gasteiger partial charge < -0.3 is 14.7 Å². The molecule has 0 bridgehead atoms. The van der Waals surface area contributed by atoms with Gasteiger partial charge in [-0.15, -0.1) is 11.3 Å². The maximum absolute atomic E-state index is 11.4. The Morgan fingerprint density at radius 2 is 2.00 bits per heavy atom. The molecule has 118 valence electrons. The SMILES string of the molecule is COc1ccc(Cc2nc(CCN(C)C)sc2C(=O)O)cc1. The Balaban J connectivity index is 2.18. The molecule has 1 heterocycles. The zero-order valence-electron chi connectivity index (χ0n) is 13.0. The van der Waals surface area contributed by atoms with Gasteiger partial charge in [0.25, 0.3) is 0 Å². The lowest BCUT2D eigenvalue weighted by molar-refractivity contribution is 0.0701. The Bertz CT molecular complexity index is 635. The van der Waals surface area contributed by atoms with Crippen LogP contribution in [0.4, 0.5) is 0 Å². The maximum Gasteiger partial charge on any atom is 0.347 e. The Morgan fingerprint density at radius 1 is 1.32 bits per heavy atom. The lowest BCUT2D eigenvalue weighted by Gasteiger charge is -2.06. The number of rotatable bonds is 7. The molecule has 6 heteroatoms. The van der Waals surface area contributed by atoms with E-state index in [9.17, 15) is 9.90 Å². The average molecular weight is 320 g/mol. The van der Waals surface area contributed by atoms with Gasteiger partial charge in [-0.25, -0.2) is 9.78 Å². The van der Waals surface area contributed by atoms with E-state index < -0.39 is 5.97 Å². The molecule has 5 nitrogen and oxygen atoms in total. The van der Waals surface area contributed by atoms with E-state index in [-0.39, 0.29) is 0 Å². The highest BCUT2D eigenvalue weighted by molar-refractivity contribution is 7.13. The van der Waals surface area contributed by atoms with Crippen molar-refractivity contribution in [2.24, 2.45) is 0 Å². The first-order valence-electron chi connectivity index (χ1n) is 6.99. The number of likely N-dealkylation sites (N-methyl/N-ethyl adjacent to an activating group) is 1. The number of aromatic nitrogens is 1. The van der Waals surface area contributed by atoms with Crippen molar-refractivity contribution in [2.75, 3.05) is 27.7 Å². The number of nitrogens with zero attached hydrogens (tertiary/aromatic N) is 2. The molecule has 0 spiro atoms. The third kappa shape index (κ3) is 4.29. The van der Waals surface area contributed by atoms with Crippen molar-refractivity contribution in [1.82, 2.24) is 9.88 Å². The van der Waals surface area contributed by atoms with Gasteiger partial charge in [0.15, 0.2) is 0 Å². The van der Waals surface area contributed by atoms with Gasteiger partial charge in [-0.3, -0.25) is 0 Å². The monoisotopic (exact) mass is 320 g/mol. The fourth-order valence-corrected chi connectivity index (χ4v) is 2.96. The number of hydrogen-bond donors (Lipinski definition) is 1. The number of carboxylic acid groups (broad SMARTS) is 1. The molecular weight excluding hydrogens is 300 g/mol. The molecule has 22 heavy (non-hydrogen) atoms. The highest BCUT2D eigenvalue weighted by Gasteiger charge is 2.17. The molecule has 0 aliphatic heterocycles. The van der Waals surface area contributed by atoms with Crippen LogP contribution in [0.15, 0.2) is 24.3 Å². The summed E-state index contributed by atoms with van der Waals surface area (Å²) in [6.07, 6.45) is 1.28. The van der Waals surface area contributed by atoms with E-state index in [1.165, 1.54) is 11.3 Å². The molecule has 0 saturated carbocycles. The van der Waals surface area contributed by atoms with Crippen molar-refractivity contribution in [3.63, 3.8) is 0 Å². The molecule has 0 saturated heterocycles. The Morgan fingerprint density at radius 3 is 2.55 bits per heavy atom. The van der Waals surface area contributed by atoms with Crippen molar-refractivity contribution >= 4 is 17.3 Å². The zero-order valence-corrected chi connectivity index (χ0v) is 13.8. The summed E-state index contributed by atoms with van der Waals surface area (Å²) >= 11 is 1.27. The predicted octanol–water partition coefficient (Wildman–Crippen LogP) is 2.54. The molecule has 0 amide bonds. The zero-order chi connectivity index (χ0) is 16.1. The molecule has 2 rings (SSSR count). The highest BCUT2D eigenvalue weighted by Crippen LogP contribution is 2.23. The summed E-state index contributed by atoms with van der Waals surface area (Å²) in [6.45, 7) is 0.856. The van der Waals surface area contributed by atoms with Crippen LogP contribution in [0.2, 0.25) is 0 Å². The lowest BCUT2D eigenvalue weighted by atomic mass is 10.1. The Hall–Kier alpha value is -1.92. The Labute approximate surface area is 134 Å². The minimum absolute atomic E-state index is 0.338.